The minimum Gasteiger partial charge on any atom is -0.368 e. The van der Waals surface area contributed by atoms with E-state index in [-0.39, 0.29) is 17.9 Å². The fourth-order valence-corrected chi connectivity index (χ4v) is 3.52. The lowest BCUT2D eigenvalue weighted by Crippen LogP contribution is -2.55. The molecule has 0 bridgehead atoms. The Morgan fingerprint density at radius 2 is 2.20 bits per heavy atom. The normalized spacial score (nSPS) is 24.2. The topological polar surface area (TPSA) is 133 Å². The molecule has 3 amide bonds. The van der Waals surface area contributed by atoms with E-state index in [1.807, 2.05) is 0 Å². The van der Waals surface area contributed by atoms with Crippen LogP contribution in [-0.2, 0) is 20.8 Å². The summed E-state index contributed by atoms with van der Waals surface area (Å²) in [5.74, 6) is -0.970. The summed E-state index contributed by atoms with van der Waals surface area (Å²) in [6.45, 7) is 1.27. The van der Waals surface area contributed by atoms with E-state index in [4.69, 9.17) is 5.73 Å². The molecule has 0 aromatic carbocycles. The number of imidazole rings is 1. The molecule has 3 unspecified atom stereocenters. The standard InChI is InChI=1S/C16H24N6O3/c17-14(23)13-4-2-6-22(13)16(25)12(7-10-8-18-9-20-10)21-15(24)11-3-1-5-19-11/h8-9,11-13,19H,1-7H2,(H2,17,23)(H,18,20)(H,21,24). The summed E-state index contributed by atoms with van der Waals surface area (Å²) in [7, 11) is 0. The molecule has 0 spiro atoms. The number of hydrogen-bond acceptors (Lipinski definition) is 5. The van der Waals surface area contributed by atoms with Gasteiger partial charge in [-0.25, -0.2) is 4.98 Å². The third kappa shape index (κ3) is 3.98. The Labute approximate surface area is 145 Å². The molecule has 3 atom stereocenters. The molecule has 9 heteroatoms. The molecule has 25 heavy (non-hydrogen) atoms. The van der Waals surface area contributed by atoms with E-state index in [1.54, 1.807) is 6.20 Å². The maximum absolute atomic E-state index is 13.0. The molecule has 9 nitrogen and oxygen atoms in total. The Morgan fingerprint density at radius 3 is 2.84 bits per heavy atom. The fourth-order valence-electron chi connectivity index (χ4n) is 3.52. The van der Waals surface area contributed by atoms with Crippen molar-refractivity contribution in [3.05, 3.63) is 18.2 Å². The van der Waals surface area contributed by atoms with Gasteiger partial charge in [0, 0.05) is 24.9 Å². The number of nitrogens with zero attached hydrogens (tertiary/aromatic N) is 2. The zero-order valence-electron chi connectivity index (χ0n) is 14.0. The number of aromatic amines is 1. The maximum atomic E-state index is 13.0. The summed E-state index contributed by atoms with van der Waals surface area (Å²) in [4.78, 5) is 45.4. The molecule has 0 radical (unpaired) electrons. The van der Waals surface area contributed by atoms with Crippen LogP contribution in [0.2, 0.25) is 0 Å². The van der Waals surface area contributed by atoms with Crippen LogP contribution in [0, 0.1) is 0 Å². The van der Waals surface area contributed by atoms with Crippen LogP contribution in [-0.4, -0.2) is 63.8 Å². The number of aromatic nitrogens is 2. The fraction of sp³-hybridized carbons (Fsp3) is 0.625. The lowest BCUT2D eigenvalue weighted by molar-refractivity contribution is -0.140. The second kappa shape index (κ2) is 7.64. The predicted octanol–water partition coefficient (Wildman–Crippen LogP) is -1.33. The van der Waals surface area contributed by atoms with Crippen molar-refractivity contribution in [3.63, 3.8) is 0 Å². The van der Waals surface area contributed by atoms with Gasteiger partial charge in [0.05, 0.1) is 12.4 Å². The van der Waals surface area contributed by atoms with E-state index < -0.39 is 18.0 Å². The summed E-state index contributed by atoms with van der Waals surface area (Å²) in [5.41, 5.74) is 6.16. The molecule has 2 saturated heterocycles. The second-order valence-corrected chi connectivity index (χ2v) is 6.58. The number of amides is 3. The van der Waals surface area contributed by atoms with Crippen molar-refractivity contribution in [2.45, 2.75) is 50.2 Å². The Bertz CT molecular complexity index is 626. The smallest absolute Gasteiger partial charge is 0.246 e. The Hall–Kier alpha value is -2.42. The Balaban J connectivity index is 1.73. The van der Waals surface area contributed by atoms with Crippen molar-refractivity contribution in [1.29, 1.82) is 0 Å². The Kier molecular flexibility index (Phi) is 5.32. The van der Waals surface area contributed by atoms with Gasteiger partial charge in [-0.2, -0.15) is 0 Å². The largest absolute Gasteiger partial charge is 0.368 e. The van der Waals surface area contributed by atoms with Crippen LogP contribution in [0.4, 0.5) is 0 Å². The number of nitrogens with one attached hydrogen (secondary N) is 3. The molecule has 1 aromatic rings. The number of primary amides is 1. The Morgan fingerprint density at radius 1 is 1.36 bits per heavy atom. The zero-order chi connectivity index (χ0) is 17.8. The van der Waals surface area contributed by atoms with Crippen LogP contribution in [0.1, 0.15) is 31.4 Å². The molecular formula is C16H24N6O3. The van der Waals surface area contributed by atoms with Gasteiger partial charge in [0.15, 0.2) is 0 Å². The minimum absolute atomic E-state index is 0.190. The first-order valence-electron chi connectivity index (χ1n) is 8.67. The van der Waals surface area contributed by atoms with Crippen molar-refractivity contribution >= 4 is 17.7 Å². The highest BCUT2D eigenvalue weighted by Gasteiger charge is 2.37. The first kappa shape index (κ1) is 17.4. The average Bonchev–Trinajstić information content (AvgIpc) is 3.33. The van der Waals surface area contributed by atoms with Crippen LogP contribution in [0.15, 0.2) is 12.5 Å². The third-order valence-corrected chi connectivity index (χ3v) is 4.83. The first-order valence-corrected chi connectivity index (χ1v) is 8.67. The highest BCUT2D eigenvalue weighted by molar-refractivity contribution is 5.93. The van der Waals surface area contributed by atoms with Gasteiger partial charge in [-0.05, 0) is 32.2 Å². The van der Waals surface area contributed by atoms with E-state index in [0.29, 0.717) is 19.4 Å². The van der Waals surface area contributed by atoms with E-state index in [1.165, 1.54) is 11.2 Å². The van der Waals surface area contributed by atoms with E-state index in [2.05, 4.69) is 20.6 Å². The number of hydrogen-bond donors (Lipinski definition) is 4. The van der Waals surface area contributed by atoms with Crippen LogP contribution in [0.5, 0.6) is 0 Å². The van der Waals surface area contributed by atoms with Gasteiger partial charge < -0.3 is 26.3 Å². The minimum atomic E-state index is -0.754. The number of rotatable bonds is 6. The van der Waals surface area contributed by atoms with Crippen LogP contribution in [0.25, 0.3) is 0 Å². The number of H-pyrrole nitrogens is 1. The monoisotopic (exact) mass is 348 g/mol. The molecule has 0 aliphatic carbocycles. The van der Waals surface area contributed by atoms with Gasteiger partial charge in [-0.15, -0.1) is 0 Å². The summed E-state index contributed by atoms with van der Waals surface area (Å²) in [5, 5.41) is 5.97. The molecule has 136 valence electrons. The third-order valence-electron chi connectivity index (χ3n) is 4.83. The number of carbonyl (C=O) groups excluding carboxylic acids is 3. The molecular weight excluding hydrogens is 324 g/mol. The molecule has 5 N–H and O–H groups in total. The molecule has 2 fully saturated rings. The van der Waals surface area contributed by atoms with Crippen molar-refractivity contribution in [3.8, 4) is 0 Å². The maximum Gasteiger partial charge on any atom is 0.246 e. The van der Waals surface area contributed by atoms with Gasteiger partial charge in [0.2, 0.25) is 17.7 Å². The SMILES string of the molecule is NC(=O)C1CCCN1C(=O)C(Cc1cnc[nH]1)NC(=O)C1CCCN1. The lowest BCUT2D eigenvalue weighted by Gasteiger charge is -2.28. The number of nitrogens with two attached hydrogens (primary N) is 1. The molecule has 3 rings (SSSR count). The van der Waals surface area contributed by atoms with Gasteiger partial charge in [-0.3, -0.25) is 14.4 Å². The first-order chi connectivity index (χ1) is 12.1. The molecule has 1 aromatic heterocycles. The van der Waals surface area contributed by atoms with Crippen LogP contribution in [0.3, 0.4) is 0 Å². The summed E-state index contributed by atoms with van der Waals surface area (Å²) in [6, 6.07) is -1.63. The molecule has 2 aliphatic heterocycles. The van der Waals surface area contributed by atoms with E-state index in [9.17, 15) is 14.4 Å². The van der Waals surface area contributed by atoms with Gasteiger partial charge >= 0.3 is 0 Å². The van der Waals surface area contributed by atoms with E-state index >= 15 is 0 Å². The lowest BCUT2D eigenvalue weighted by atomic mass is 10.1. The second-order valence-electron chi connectivity index (χ2n) is 6.58. The summed E-state index contributed by atoms with van der Waals surface area (Å²) in [6.07, 6.45) is 6.43. The average molecular weight is 348 g/mol. The van der Waals surface area contributed by atoms with Gasteiger partial charge in [0.25, 0.3) is 0 Å². The highest BCUT2D eigenvalue weighted by Crippen LogP contribution is 2.19. The quantitative estimate of drug-likeness (QED) is 0.505. The molecule has 2 aliphatic rings. The number of likely N-dealkylation sites (tertiary alicyclic amines) is 1. The predicted molar refractivity (Wildman–Crippen MR) is 89.2 cm³/mol. The van der Waals surface area contributed by atoms with Crippen molar-refractivity contribution < 1.29 is 14.4 Å². The molecule has 0 saturated carbocycles. The highest BCUT2D eigenvalue weighted by atomic mass is 16.2. The van der Waals surface area contributed by atoms with Gasteiger partial charge in [0.1, 0.15) is 12.1 Å². The summed E-state index contributed by atoms with van der Waals surface area (Å²) >= 11 is 0. The van der Waals surface area contributed by atoms with Gasteiger partial charge in [-0.1, -0.05) is 0 Å². The van der Waals surface area contributed by atoms with Crippen molar-refractivity contribution in [2.75, 3.05) is 13.1 Å². The van der Waals surface area contributed by atoms with Crippen LogP contribution < -0.4 is 16.4 Å². The van der Waals surface area contributed by atoms with Crippen LogP contribution >= 0.6 is 0 Å². The van der Waals surface area contributed by atoms with Crippen molar-refractivity contribution in [2.24, 2.45) is 5.73 Å². The number of carbonyl (C=O) groups is 3. The van der Waals surface area contributed by atoms with E-state index in [0.717, 1.165) is 31.5 Å². The summed E-state index contributed by atoms with van der Waals surface area (Å²) < 4.78 is 0. The van der Waals surface area contributed by atoms with Crippen molar-refractivity contribution in [1.82, 2.24) is 25.5 Å². The zero-order valence-corrected chi connectivity index (χ0v) is 14.0. The molecule has 3 heterocycles.